The molecule has 0 saturated heterocycles. The Morgan fingerprint density at radius 1 is 1.25 bits per heavy atom. The second kappa shape index (κ2) is 5.07. The second-order valence-corrected chi connectivity index (χ2v) is 7.01. The Hall–Kier alpha value is -0.0500. The maximum absolute atomic E-state index is 10.3. The molecule has 1 saturated carbocycles. The molecule has 0 aliphatic heterocycles. The lowest BCUT2D eigenvalue weighted by Crippen LogP contribution is -2.24. The van der Waals surface area contributed by atoms with Gasteiger partial charge in [-0.15, -0.1) is 11.3 Å². The van der Waals surface area contributed by atoms with Gasteiger partial charge in [0.25, 0.3) is 0 Å². The van der Waals surface area contributed by atoms with Crippen LogP contribution in [0.15, 0.2) is 12.1 Å². The predicted molar refractivity (Wildman–Crippen MR) is 70.0 cm³/mol. The van der Waals surface area contributed by atoms with Crippen molar-refractivity contribution in [1.29, 1.82) is 0 Å². The minimum Gasteiger partial charge on any atom is -0.387 e. The highest BCUT2D eigenvalue weighted by Gasteiger charge is 2.30. The minimum atomic E-state index is -0.317. The fraction of sp³-hybridized carbons (Fsp3) is 0.692. The molecule has 1 aromatic heterocycles. The second-order valence-electron chi connectivity index (χ2n) is 5.26. The van der Waals surface area contributed by atoms with Gasteiger partial charge in [-0.25, -0.2) is 0 Å². The third kappa shape index (κ3) is 2.79. The van der Waals surface area contributed by atoms with E-state index in [0.29, 0.717) is 5.92 Å². The van der Waals surface area contributed by atoms with Gasteiger partial charge in [0.2, 0.25) is 0 Å². The molecule has 1 aromatic rings. The molecule has 1 N–H and O–H groups in total. The summed E-state index contributed by atoms with van der Waals surface area (Å²) >= 11 is 7.42. The highest BCUT2D eigenvalue weighted by Crippen LogP contribution is 2.41. The summed E-state index contributed by atoms with van der Waals surface area (Å²) < 4.78 is 0.769. The van der Waals surface area contributed by atoms with E-state index in [9.17, 15) is 5.11 Å². The van der Waals surface area contributed by atoms with Crippen molar-refractivity contribution in [2.45, 2.75) is 39.2 Å². The van der Waals surface area contributed by atoms with Crippen LogP contribution >= 0.6 is 22.9 Å². The SMILES string of the molecule is CC1CC(C)CC(C(O)c2ccc(Cl)s2)C1. The summed E-state index contributed by atoms with van der Waals surface area (Å²) in [5.41, 5.74) is 0. The van der Waals surface area contributed by atoms with Crippen molar-refractivity contribution < 1.29 is 5.11 Å². The predicted octanol–water partition coefficient (Wildman–Crippen LogP) is 4.51. The van der Waals surface area contributed by atoms with Crippen molar-refractivity contribution in [1.82, 2.24) is 0 Å². The third-order valence-electron chi connectivity index (χ3n) is 3.55. The smallest absolute Gasteiger partial charge is 0.0932 e. The fourth-order valence-corrected chi connectivity index (χ4v) is 4.13. The van der Waals surface area contributed by atoms with Crippen LogP contribution in [-0.2, 0) is 0 Å². The zero-order chi connectivity index (χ0) is 11.7. The van der Waals surface area contributed by atoms with E-state index in [0.717, 1.165) is 33.9 Å². The Balaban J connectivity index is 2.06. The first-order valence-electron chi connectivity index (χ1n) is 5.99. The van der Waals surface area contributed by atoms with Crippen molar-refractivity contribution >= 4 is 22.9 Å². The number of halogens is 1. The zero-order valence-electron chi connectivity index (χ0n) is 9.82. The first-order chi connectivity index (χ1) is 7.56. The standard InChI is InChI=1S/C13H19ClOS/c1-8-5-9(2)7-10(6-8)13(15)11-3-4-12(14)16-11/h3-4,8-10,13,15H,5-7H2,1-2H3. The first-order valence-corrected chi connectivity index (χ1v) is 7.19. The lowest BCUT2D eigenvalue weighted by molar-refractivity contribution is 0.0577. The molecule has 0 radical (unpaired) electrons. The number of aliphatic hydroxyl groups is 1. The van der Waals surface area contributed by atoms with E-state index in [4.69, 9.17) is 11.6 Å². The molecular weight excluding hydrogens is 240 g/mol. The van der Waals surface area contributed by atoms with Crippen LogP contribution in [0.4, 0.5) is 0 Å². The van der Waals surface area contributed by atoms with Gasteiger partial charge in [-0.3, -0.25) is 0 Å². The van der Waals surface area contributed by atoms with Crippen molar-refractivity contribution in [2.24, 2.45) is 17.8 Å². The molecular formula is C13H19ClOS. The van der Waals surface area contributed by atoms with Gasteiger partial charge in [0.1, 0.15) is 0 Å². The van der Waals surface area contributed by atoms with Crippen LogP contribution in [0.3, 0.4) is 0 Å². The monoisotopic (exact) mass is 258 g/mol. The Morgan fingerprint density at radius 2 is 1.88 bits per heavy atom. The van der Waals surface area contributed by atoms with Crippen molar-refractivity contribution in [3.63, 3.8) is 0 Å². The van der Waals surface area contributed by atoms with Crippen LogP contribution in [0.25, 0.3) is 0 Å². The quantitative estimate of drug-likeness (QED) is 0.828. The number of hydrogen-bond acceptors (Lipinski definition) is 2. The van der Waals surface area contributed by atoms with E-state index in [1.54, 1.807) is 0 Å². The highest BCUT2D eigenvalue weighted by molar-refractivity contribution is 7.16. The number of rotatable bonds is 2. The van der Waals surface area contributed by atoms with Gasteiger partial charge in [0.15, 0.2) is 0 Å². The van der Waals surface area contributed by atoms with Crippen LogP contribution in [0, 0.1) is 17.8 Å². The van der Waals surface area contributed by atoms with Crippen molar-refractivity contribution in [3.05, 3.63) is 21.3 Å². The number of thiophene rings is 1. The molecule has 1 nitrogen and oxygen atoms in total. The molecule has 0 aromatic carbocycles. The summed E-state index contributed by atoms with van der Waals surface area (Å²) in [5, 5.41) is 10.3. The van der Waals surface area contributed by atoms with Gasteiger partial charge in [0.05, 0.1) is 10.4 Å². The van der Waals surface area contributed by atoms with Crippen LogP contribution in [0.2, 0.25) is 4.34 Å². The zero-order valence-corrected chi connectivity index (χ0v) is 11.4. The lowest BCUT2D eigenvalue weighted by Gasteiger charge is -2.34. The maximum Gasteiger partial charge on any atom is 0.0932 e. The fourth-order valence-electron chi connectivity index (χ4n) is 2.99. The molecule has 16 heavy (non-hydrogen) atoms. The van der Waals surface area contributed by atoms with E-state index >= 15 is 0 Å². The Labute approximate surface area is 106 Å². The van der Waals surface area contributed by atoms with Crippen LogP contribution in [-0.4, -0.2) is 5.11 Å². The molecule has 0 spiro atoms. The molecule has 3 heteroatoms. The summed E-state index contributed by atoms with van der Waals surface area (Å²) in [6, 6.07) is 3.84. The van der Waals surface area contributed by atoms with E-state index in [-0.39, 0.29) is 6.10 Å². The molecule has 2 rings (SSSR count). The number of hydrogen-bond donors (Lipinski definition) is 1. The molecule has 0 amide bonds. The van der Waals surface area contributed by atoms with Crippen LogP contribution < -0.4 is 0 Å². The normalized spacial score (nSPS) is 32.6. The first kappa shape index (κ1) is 12.4. The third-order valence-corrected chi connectivity index (χ3v) is 4.85. The summed E-state index contributed by atoms with van der Waals surface area (Å²) in [7, 11) is 0. The highest BCUT2D eigenvalue weighted by atomic mass is 35.5. The Morgan fingerprint density at radius 3 is 2.38 bits per heavy atom. The molecule has 3 unspecified atom stereocenters. The van der Waals surface area contributed by atoms with Gasteiger partial charge in [-0.2, -0.15) is 0 Å². The van der Waals surface area contributed by atoms with E-state index in [1.807, 2.05) is 12.1 Å². The van der Waals surface area contributed by atoms with Crippen LogP contribution in [0.5, 0.6) is 0 Å². The summed E-state index contributed by atoms with van der Waals surface area (Å²) in [4.78, 5) is 1.02. The van der Waals surface area contributed by atoms with Gasteiger partial charge >= 0.3 is 0 Å². The summed E-state index contributed by atoms with van der Waals surface area (Å²) in [6.07, 6.45) is 3.26. The van der Waals surface area contributed by atoms with E-state index < -0.39 is 0 Å². The van der Waals surface area contributed by atoms with Gasteiger partial charge < -0.3 is 5.11 Å². The molecule has 0 bridgehead atoms. The lowest BCUT2D eigenvalue weighted by atomic mass is 9.74. The molecule has 3 atom stereocenters. The average molecular weight is 259 g/mol. The summed E-state index contributed by atoms with van der Waals surface area (Å²) in [5.74, 6) is 1.88. The minimum absolute atomic E-state index is 0.317. The average Bonchev–Trinajstić information content (AvgIpc) is 2.62. The van der Waals surface area contributed by atoms with E-state index in [1.165, 1.54) is 17.8 Å². The molecule has 1 heterocycles. The van der Waals surface area contributed by atoms with Gasteiger partial charge in [0, 0.05) is 4.88 Å². The topological polar surface area (TPSA) is 20.2 Å². The van der Waals surface area contributed by atoms with Gasteiger partial charge in [-0.1, -0.05) is 25.4 Å². The van der Waals surface area contributed by atoms with Crippen molar-refractivity contribution in [3.8, 4) is 0 Å². The molecule has 1 aliphatic carbocycles. The number of aliphatic hydroxyl groups excluding tert-OH is 1. The van der Waals surface area contributed by atoms with Crippen molar-refractivity contribution in [2.75, 3.05) is 0 Å². The molecule has 90 valence electrons. The Bertz CT molecular complexity index is 339. The largest absolute Gasteiger partial charge is 0.387 e. The summed E-state index contributed by atoms with van der Waals surface area (Å²) in [6.45, 7) is 4.58. The molecule has 1 fully saturated rings. The Kier molecular flexibility index (Phi) is 3.93. The maximum atomic E-state index is 10.3. The molecule has 1 aliphatic rings. The van der Waals surface area contributed by atoms with Crippen LogP contribution in [0.1, 0.15) is 44.1 Å². The van der Waals surface area contributed by atoms with E-state index in [2.05, 4.69) is 13.8 Å². The van der Waals surface area contributed by atoms with Gasteiger partial charge in [-0.05, 0) is 49.1 Å².